The Morgan fingerprint density at radius 3 is 2.88 bits per heavy atom. The van der Waals surface area contributed by atoms with Crippen LogP contribution in [0.2, 0.25) is 0 Å². The van der Waals surface area contributed by atoms with Gasteiger partial charge in [0, 0.05) is 11.4 Å². The van der Waals surface area contributed by atoms with Crippen LogP contribution in [0, 0.1) is 6.92 Å². The van der Waals surface area contributed by atoms with Gasteiger partial charge in [-0.1, -0.05) is 18.7 Å². The molecule has 0 spiro atoms. The Labute approximate surface area is 194 Å². The average molecular weight is 475 g/mol. The highest BCUT2D eigenvalue weighted by Crippen LogP contribution is 2.39. The second kappa shape index (κ2) is 9.91. The summed E-state index contributed by atoms with van der Waals surface area (Å²) in [5.41, 5.74) is 2.45. The summed E-state index contributed by atoms with van der Waals surface area (Å²) in [7, 11) is 0. The lowest BCUT2D eigenvalue weighted by Gasteiger charge is -2.09. The van der Waals surface area contributed by atoms with Crippen LogP contribution in [0.25, 0.3) is 11.4 Å². The molecular weight excluding hydrogens is 448 g/mol. The molecule has 0 unspecified atom stereocenters. The number of ether oxygens (including phenoxy) is 1. The second-order valence-electron chi connectivity index (χ2n) is 7.47. The topological polar surface area (TPSA) is 99.2 Å². The third kappa shape index (κ3) is 4.47. The predicted molar refractivity (Wildman–Crippen MR) is 124 cm³/mol. The van der Waals surface area contributed by atoms with E-state index in [1.165, 1.54) is 28.0 Å². The number of rotatable bonds is 9. The average Bonchev–Trinajstić information content (AvgIpc) is 3.52. The third-order valence-electron chi connectivity index (χ3n) is 5.25. The molecule has 1 aliphatic carbocycles. The van der Waals surface area contributed by atoms with Crippen molar-refractivity contribution in [2.45, 2.75) is 58.2 Å². The number of thiophene rings is 1. The lowest BCUT2D eigenvalue weighted by molar-refractivity contribution is -0.113. The van der Waals surface area contributed by atoms with Gasteiger partial charge in [0.1, 0.15) is 10.8 Å². The number of esters is 1. The summed E-state index contributed by atoms with van der Waals surface area (Å²) >= 11 is 2.81. The van der Waals surface area contributed by atoms with Gasteiger partial charge in [0.2, 0.25) is 5.91 Å². The molecule has 8 nitrogen and oxygen atoms in total. The molecule has 0 saturated carbocycles. The van der Waals surface area contributed by atoms with E-state index in [1.54, 1.807) is 13.2 Å². The van der Waals surface area contributed by atoms with E-state index in [1.807, 2.05) is 17.6 Å². The van der Waals surface area contributed by atoms with E-state index < -0.39 is 0 Å². The highest BCUT2D eigenvalue weighted by Gasteiger charge is 2.28. The van der Waals surface area contributed by atoms with Crippen LogP contribution >= 0.6 is 23.1 Å². The fourth-order valence-electron chi connectivity index (χ4n) is 3.84. The number of hydrogen-bond donors (Lipinski definition) is 1. The monoisotopic (exact) mass is 474 g/mol. The lowest BCUT2D eigenvalue weighted by Crippen LogP contribution is -2.17. The maximum absolute atomic E-state index is 12.8. The minimum absolute atomic E-state index is 0.164. The predicted octanol–water partition coefficient (Wildman–Crippen LogP) is 4.71. The molecule has 0 fully saturated rings. The number of furan rings is 1. The van der Waals surface area contributed by atoms with Crippen LogP contribution in [-0.2, 0) is 28.9 Å². The van der Waals surface area contributed by atoms with Crippen LogP contribution in [-0.4, -0.2) is 39.0 Å². The van der Waals surface area contributed by atoms with Crippen LogP contribution in [0.1, 0.15) is 53.2 Å². The van der Waals surface area contributed by atoms with Gasteiger partial charge in [-0.05, 0) is 51.2 Å². The van der Waals surface area contributed by atoms with Gasteiger partial charge in [-0.15, -0.1) is 21.5 Å². The number of amides is 1. The summed E-state index contributed by atoms with van der Waals surface area (Å²) in [5.74, 6) is 1.13. The number of nitrogens with one attached hydrogen (secondary N) is 1. The van der Waals surface area contributed by atoms with Crippen molar-refractivity contribution in [3.8, 4) is 11.4 Å². The Morgan fingerprint density at radius 1 is 1.31 bits per heavy atom. The van der Waals surface area contributed by atoms with Crippen molar-refractivity contribution in [1.82, 2.24) is 14.8 Å². The second-order valence-corrected chi connectivity index (χ2v) is 9.51. The van der Waals surface area contributed by atoms with Gasteiger partial charge in [-0.25, -0.2) is 4.79 Å². The number of aryl methyl sites for hydroxylation is 2. The van der Waals surface area contributed by atoms with E-state index in [9.17, 15) is 9.59 Å². The van der Waals surface area contributed by atoms with Crippen molar-refractivity contribution in [3.63, 3.8) is 0 Å². The van der Waals surface area contributed by atoms with E-state index in [0.29, 0.717) is 22.3 Å². The van der Waals surface area contributed by atoms with Gasteiger partial charge in [-0.3, -0.25) is 4.79 Å². The van der Waals surface area contributed by atoms with Crippen molar-refractivity contribution >= 4 is 40.0 Å². The number of hydrogen-bond acceptors (Lipinski definition) is 8. The van der Waals surface area contributed by atoms with Crippen molar-refractivity contribution < 1.29 is 18.7 Å². The van der Waals surface area contributed by atoms with E-state index in [4.69, 9.17) is 9.15 Å². The summed E-state index contributed by atoms with van der Waals surface area (Å²) in [6, 6.07) is 1.87. The molecule has 3 heterocycles. The highest BCUT2D eigenvalue weighted by molar-refractivity contribution is 7.99. The SMILES string of the molecule is CCCn1c(SCC(=O)Nc2sc3c(c2C(=O)OCC)CCC3)nnc1-c1ccoc1C. The van der Waals surface area contributed by atoms with Crippen LogP contribution in [0.15, 0.2) is 21.9 Å². The highest BCUT2D eigenvalue weighted by atomic mass is 32.2. The van der Waals surface area contributed by atoms with Crippen LogP contribution in [0.5, 0.6) is 0 Å². The smallest absolute Gasteiger partial charge is 0.341 e. The molecule has 0 atom stereocenters. The summed E-state index contributed by atoms with van der Waals surface area (Å²) < 4.78 is 12.7. The maximum Gasteiger partial charge on any atom is 0.341 e. The van der Waals surface area contributed by atoms with Crippen LogP contribution in [0.4, 0.5) is 5.00 Å². The Bertz CT molecular complexity index is 1130. The molecular formula is C22H26N4O4S2. The van der Waals surface area contributed by atoms with Gasteiger partial charge in [0.15, 0.2) is 11.0 Å². The molecule has 32 heavy (non-hydrogen) atoms. The molecule has 0 radical (unpaired) electrons. The van der Waals surface area contributed by atoms with E-state index in [-0.39, 0.29) is 17.6 Å². The molecule has 4 rings (SSSR count). The zero-order chi connectivity index (χ0) is 22.7. The number of anilines is 1. The quantitative estimate of drug-likeness (QED) is 0.354. The zero-order valence-corrected chi connectivity index (χ0v) is 20.0. The molecule has 0 bridgehead atoms. The van der Waals surface area contributed by atoms with Crippen LogP contribution < -0.4 is 5.32 Å². The first-order chi connectivity index (χ1) is 15.5. The molecule has 0 aromatic carbocycles. The number of nitrogens with zero attached hydrogens (tertiary/aromatic N) is 3. The molecule has 0 aliphatic heterocycles. The Morgan fingerprint density at radius 2 is 2.16 bits per heavy atom. The molecule has 1 N–H and O–H groups in total. The molecule has 3 aromatic heterocycles. The summed E-state index contributed by atoms with van der Waals surface area (Å²) in [6.45, 7) is 6.80. The molecule has 10 heteroatoms. The van der Waals surface area contributed by atoms with Crippen molar-refractivity contribution in [2.75, 3.05) is 17.7 Å². The van der Waals surface area contributed by atoms with Gasteiger partial charge < -0.3 is 19.0 Å². The minimum atomic E-state index is -0.363. The molecule has 3 aromatic rings. The normalized spacial score (nSPS) is 12.7. The van der Waals surface area contributed by atoms with Crippen molar-refractivity contribution in [3.05, 3.63) is 34.1 Å². The lowest BCUT2D eigenvalue weighted by atomic mass is 10.1. The standard InChI is InChI=1S/C22H26N4O4S2/c1-4-10-26-19(14-9-11-30-13(14)3)24-25-22(26)31-12-17(27)23-20-18(21(28)29-5-2)15-7-6-8-16(15)32-20/h9,11H,4-8,10,12H2,1-3H3,(H,23,27). The Balaban J connectivity index is 1.48. The van der Waals surface area contributed by atoms with Crippen LogP contribution in [0.3, 0.4) is 0 Å². The molecule has 170 valence electrons. The Hall–Kier alpha value is -2.59. The van der Waals surface area contributed by atoms with Crippen molar-refractivity contribution in [1.29, 1.82) is 0 Å². The summed E-state index contributed by atoms with van der Waals surface area (Å²) in [4.78, 5) is 26.4. The minimum Gasteiger partial charge on any atom is -0.469 e. The number of thioether (sulfide) groups is 1. The van der Waals surface area contributed by atoms with Gasteiger partial charge >= 0.3 is 5.97 Å². The van der Waals surface area contributed by atoms with Gasteiger partial charge in [0.05, 0.1) is 29.7 Å². The molecule has 1 aliphatic rings. The number of fused-ring (bicyclic) bond motifs is 1. The fraction of sp³-hybridized carbons (Fsp3) is 0.455. The first-order valence-electron chi connectivity index (χ1n) is 10.7. The van der Waals surface area contributed by atoms with E-state index in [2.05, 4.69) is 22.4 Å². The number of carbonyl (C=O) groups is 2. The van der Waals surface area contributed by atoms with E-state index >= 15 is 0 Å². The zero-order valence-electron chi connectivity index (χ0n) is 18.4. The fourth-order valence-corrected chi connectivity index (χ4v) is 5.90. The summed E-state index contributed by atoms with van der Waals surface area (Å²) in [6.07, 6.45) is 5.36. The largest absolute Gasteiger partial charge is 0.469 e. The maximum atomic E-state index is 12.8. The first-order valence-corrected chi connectivity index (χ1v) is 12.6. The van der Waals surface area contributed by atoms with E-state index in [0.717, 1.165) is 54.9 Å². The van der Waals surface area contributed by atoms with Crippen molar-refractivity contribution in [2.24, 2.45) is 0 Å². The molecule has 1 amide bonds. The van der Waals surface area contributed by atoms with Gasteiger partial charge in [-0.2, -0.15) is 0 Å². The third-order valence-corrected chi connectivity index (χ3v) is 7.42. The number of carbonyl (C=O) groups excluding carboxylic acids is 2. The first kappa shape index (κ1) is 22.6. The molecule has 0 saturated heterocycles. The van der Waals surface area contributed by atoms with Gasteiger partial charge in [0.25, 0.3) is 0 Å². The number of aromatic nitrogens is 3. The summed E-state index contributed by atoms with van der Waals surface area (Å²) in [5, 5.41) is 12.8. The Kier molecular flexibility index (Phi) is 7.00.